The van der Waals surface area contributed by atoms with Gasteiger partial charge in [0.15, 0.2) is 0 Å². The Morgan fingerprint density at radius 3 is 2.94 bits per heavy atom. The molecule has 1 aromatic heterocycles. The molecule has 0 saturated carbocycles. The van der Waals surface area contributed by atoms with Crippen LogP contribution in [0.3, 0.4) is 0 Å². The molecule has 0 bridgehead atoms. The summed E-state index contributed by atoms with van der Waals surface area (Å²) in [7, 11) is 0. The van der Waals surface area contributed by atoms with E-state index >= 15 is 0 Å². The van der Waals surface area contributed by atoms with E-state index in [1.54, 1.807) is 0 Å². The smallest absolute Gasteiger partial charge is 0.0601 e. The molecule has 0 radical (unpaired) electrons. The van der Waals surface area contributed by atoms with Gasteiger partial charge in [-0.3, -0.25) is 4.98 Å². The normalized spacial score (nSPS) is 10.2. The number of nitrogens with one attached hydrogen (secondary N) is 1. The molecule has 94 valence electrons. The second-order valence-corrected chi connectivity index (χ2v) is 4.02. The van der Waals surface area contributed by atoms with Crippen LogP contribution in [0.15, 0.2) is 31.1 Å². The fraction of sp³-hybridized carbons (Fsp3) is 0.500. The third kappa shape index (κ3) is 4.19. The fourth-order valence-electron chi connectivity index (χ4n) is 1.84. The molecule has 1 heterocycles. The van der Waals surface area contributed by atoms with E-state index in [0.717, 1.165) is 32.6 Å². The van der Waals surface area contributed by atoms with Gasteiger partial charge in [0, 0.05) is 25.8 Å². The highest BCUT2D eigenvalue weighted by Crippen LogP contribution is 2.19. The number of nitrogens with zero attached hydrogens (tertiary/aromatic N) is 2. The molecule has 1 rings (SSSR count). The zero-order chi connectivity index (χ0) is 12.5. The summed E-state index contributed by atoms with van der Waals surface area (Å²) >= 11 is 0. The predicted molar refractivity (Wildman–Crippen MR) is 74.3 cm³/mol. The lowest BCUT2D eigenvalue weighted by molar-refractivity contribution is 0.718. The van der Waals surface area contributed by atoms with Crippen molar-refractivity contribution in [3.8, 4) is 0 Å². The Kier molecular flexibility index (Phi) is 6.33. The van der Waals surface area contributed by atoms with E-state index in [0.29, 0.717) is 0 Å². The maximum Gasteiger partial charge on any atom is 0.0601 e. The Hall–Kier alpha value is -1.35. The number of anilines is 1. The highest BCUT2D eigenvalue weighted by Gasteiger charge is 2.08. The molecule has 0 aliphatic heterocycles. The molecule has 1 aromatic rings. The number of pyridine rings is 1. The molecule has 1 N–H and O–H groups in total. The van der Waals surface area contributed by atoms with E-state index in [9.17, 15) is 0 Å². The van der Waals surface area contributed by atoms with Gasteiger partial charge in [0.1, 0.15) is 0 Å². The van der Waals surface area contributed by atoms with Gasteiger partial charge in [-0.1, -0.05) is 19.9 Å². The molecule has 3 heteroatoms. The lowest BCUT2D eigenvalue weighted by Gasteiger charge is -2.25. The SMILES string of the molecule is C=CCN(CCC)c1cnccc1CNCC. The van der Waals surface area contributed by atoms with Crippen LogP contribution in [-0.2, 0) is 6.54 Å². The molecule has 0 aromatic carbocycles. The van der Waals surface area contributed by atoms with Crippen LogP contribution in [0.1, 0.15) is 25.8 Å². The summed E-state index contributed by atoms with van der Waals surface area (Å²) in [5, 5.41) is 3.36. The lowest BCUT2D eigenvalue weighted by Crippen LogP contribution is -2.26. The topological polar surface area (TPSA) is 28.2 Å². The Morgan fingerprint density at radius 1 is 1.47 bits per heavy atom. The first kappa shape index (κ1) is 13.7. The van der Waals surface area contributed by atoms with Crippen molar-refractivity contribution in [3.63, 3.8) is 0 Å². The molecule has 0 amide bonds. The summed E-state index contributed by atoms with van der Waals surface area (Å²) in [5.41, 5.74) is 2.52. The third-order valence-corrected chi connectivity index (χ3v) is 2.64. The van der Waals surface area contributed by atoms with Crippen molar-refractivity contribution in [2.45, 2.75) is 26.8 Å². The van der Waals surface area contributed by atoms with Gasteiger partial charge in [-0.2, -0.15) is 0 Å². The van der Waals surface area contributed by atoms with E-state index in [2.05, 4.69) is 41.7 Å². The Bertz CT molecular complexity index is 336. The average molecular weight is 233 g/mol. The average Bonchev–Trinajstić information content (AvgIpc) is 2.36. The third-order valence-electron chi connectivity index (χ3n) is 2.64. The zero-order valence-electron chi connectivity index (χ0n) is 10.9. The lowest BCUT2D eigenvalue weighted by atomic mass is 10.2. The predicted octanol–water partition coefficient (Wildman–Crippen LogP) is 2.59. The fourth-order valence-corrected chi connectivity index (χ4v) is 1.84. The highest BCUT2D eigenvalue weighted by molar-refractivity contribution is 5.52. The van der Waals surface area contributed by atoms with Crippen LogP contribution in [0, 0.1) is 0 Å². The van der Waals surface area contributed by atoms with Crippen LogP contribution in [0.2, 0.25) is 0 Å². The second-order valence-electron chi connectivity index (χ2n) is 4.02. The highest BCUT2D eigenvalue weighted by atomic mass is 15.1. The largest absolute Gasteiger partial charge is 0.366 e. The van der Waals surface area contributed by atoms with Crippen molar-refractivity contribution in [1.82, 2.24) is 10.3 Å². The standard InChI is InChI=1S/C14H23N3/c1-4-9-17(10-5-2)14-12-16-8-7-13(14)11-15-6-3/h4,7-8,12,15H,1,5-6,9-11H2,2-3H3. The van der Waals surface area contributed by atoms with Gasteiger partial charge in [0.05, 0.1) is 11.9 Å². The van der Waals surface area contributed by atoms with Crippen molar-refractivity contribution < 1.29 is 0 Å². The molecule has 0 spiro atoms. The van der Waals surface area contributed by atoms with Gasteiger partial charge in [0.25, 0.3) is 0 Å². The summed E-state index contributed by atoms with van der Waals surface area (Å²) in [5.74, 6) is 0. The van der Waals surface area contributed by atoms with Crippen LogP contribution in [-0.4, -0.2) is 24.6 Å². The van der Waals surface area contributed by atoms with Crippen LogP contribution in [0.4, 0.5) is 5.69 Å². The first-order valence-electron chi connectivity index (χ1n) is 6.32. The molecule has 0 aliphatic carbocycles. The Labute approximate surface area is 105 Å². The quantitative estimate of drug-likeness (QED) is 0.700. The van der Waals surface area contributed by atoms with Gasteiger partial charge < -0.3 is 10.2 Å². The second kappa shape index (κ2) is 7.85. The van der Waals surface area contributed by atoms with E-state index in [1.165, 1.54) is 11.3 Å². The van der Waals surface area contributed by atoms with Gasteiger partial charge in [-0.15, -0.1) is 6.58 Å². The van der Waals surface area contributed by atoms with Gasteiger partial charge in [-0.25, -0.2) is 0 Å². The van der Waals surface area contributed by atoms with E-state index in [1.807, 2.05) is 18.5 Å². The van der Waals surface area contributed by atoms with Crippen molar-refractivity contribution in [3.05, 3.63) is 36.7 Å². The summed E-state index contributed by atoms with van der Waals surface area (Å²) in [6.07, 6.45) is 6.88. The summed E-state index contributed by atoms with van der Waals surface area (Å²) in [6.45, 7) is 11.9. The monoisotopic (exact) mass is 233 g/mol. The molecule has 0 aliphatic rings. The molecular formula is C14H23N3. The molecule has 0 saturated heterocycles. The first-order valence-corrected chi connectivity index (χ1v) is 6.32. The van der Waals surface area contributed by atoms with Crippen LogP contribution in [0.5, 0.6) is 0 Å². The molecule has 0 unspecified atom stereocenters. The number of rotatable bonds is 8. The van der Waals surface area contributed by atoms with Gasteiger partial charge >= 0.3 is 0 Å². The molecule has 0 fully saturated rings. The van der Waals surface area contributed by atoms with Gasteiger partial charge in [0.2, 0.25) is 0 Å². The number of hydrogen-bond acceptors (Lipinski definition) is 3. The Morgan fingerprint density at radius 2 is 2.29 bits per heavy atom. The minimum Gasteiger partial charge on any atom is -0.366 e. The van der Waals surface area contributed by atoms with Crippen LogP contribution >= 0.6 is 0 Å². The van der Waals surface area contributed by atoms with Crippen molar-refractivity contribution in [2.24, 2.45) is 0 Å². The van der Waals surface area contributed by atoms with E-state index in [-0.39, 0.29) is 0 Å². The minimum atomic E-state index is 0.874. The first-order chi connectivity index (χ1) is 8.33. The maximum absolute atomic E-state index is 4.24. The number of aromatic nitrogens is 1. The molecule has 0 atom stereocenters. The van der Waals surface area contributed by atoms with Crippen molar-refractivity contribution in [2.75, 3.05) is 24.5 Å². The maximum atomic E-state index is 4.24. The van der Waals surface area contributed by atoms with Crippen LogP contribution in [0.25, 0.3) is 0 Å². The van der Waals surface area contributed by atoms with Crippen LogP contribution < -0.4 is 10.2 Å². The summed E-state index contributed by atoms with van der Waals surface area (Å²) in [6, 6.07) is 2.09. The van der Waals surface area contributed by atoms with Crippen molar-refractivity contribution in [1.29, 1.82) is 0 Å². The summed E-state index contributed by atoms with van der Waals surface area (Å²) in [4.78, 5) is 6.56. The molecular weight excluding hydrogens is 210 g/mol. The zero-order valence-corrected chi connectivity index (χ0v) is 10.9. The van der Waals surface area contributed by atoms with Crippen molar-refractivity contribution >= 4 is 5.69 Å². The number of hydrogen-bond donors (Lipinski definition) is 1. The Balaban J connectivity index is 2.87. The summed E-state index contributed by atoms with van der Waals surface area (Å²) < 4.78 is 0. The van der Waals surface area contributed by atoms with Gasteiger partial charge in [-0.05, 0) is 24.6 Å². The van der Waals surface area contributed by atoms with E-state index < -0.39 is 0 Å². The minimum absolute atomic E-state index is 0.874. The molecule has 3 nitrogen and oxygen atoms in total. The molecule has 17 heavy (non-hydrogen) atoms. The van der Waals surface area contributed by atoms with E-state index in [4.69, 9.17) is 0 Å².